The summed E-state index contributed by atoms with van der Waals surface area (Å²) in [5.41, 5.74) is 10.8. The minimum Gasteiger partial charge on any atom is -0.456 e. The van der Waals surface area contributed by atoms with Crippen LogP contribution < -0.4 is 4.90 Å². The second-order valence-electron chi connectivity index (χ2n) is 14.5. The molecule has 0 bridgehead atoms. The van der Waals surface area contributed by atoms with E-state index in [0.29, 0.717) is 0 Å². The van der Waals surface area contributed by atoms with E-state index >= 15 is 0 Å². The molecule has 4 heteroatoms. The Bertz CT molecular complexity index is 3480. The van der Waals surface area contributed by atoms with Gasteiger partial charge in [-0.05, 0) is 83.1 Å². The number of fused-ring (bicyclic) bond motifs is 10. The topological polar surface area (TPSA) is 21.3 Å². The minimum atomic E-state index is 0.879. The van der Waals surface area contributed by atoms with Crippen LogP contribution in [0.5, 0.6) is 0 Å². The molecule has 0 saturated carbocycles. The Balaban J connectivity index is 1.20. The van der Waals surface area contributed by atoms with Crippen molar-refractivity contribution >= 4 is 103 Å². The molecule has 0 N–H and O–H groups in total. The first-order chi connectivity index (χ1) is 27.8. The fraction of sp³-hybridized carbons (Fsp3) is 0. The molecule has 56 heavy (non-hydrogen) atoms. The maximum Gasteiger partial charge on any atom is 0.138 e. The molecule has 0 aliphatic carbocycles. The van der Waals surface area contributed by atoms with E-state index in [4.69, 9.17) is 4.42 Å². The van der Waals surface area contributed by atoms with Crippen molar-refractivity contribution in [3.63, 3.8) is 0 Å². The normalized spacial score (nSPS) is 11.9. The Morgan fingerprint density at radius 1 is 0.411 bits per heavy atom. The molecule has 0 aliphatic heterocycles. The third-order valence-corrected chi connectivity index (χ3v) is 12.5. The van der Waals surface area contributed by atoms with Crippen molar-refractivity contribution in [1.29, 1.82) is 0 Å². The number of para-hydroxylation sites is 2. The summed E-state index contributed by atoms with van der Waals surface area (Å²) < 4.78 is 11.7. The first-order valence-electron chi connectivity index (χ1n) is 19.0. The number of thiophene rings is 1. The molecular formula is C52H32N2OS. The number of rotatable bonds is 5. The Labute approximate surface area is 326 Å². The predicted molar refractivity (Wildman–Crippen MR) is 239 cm³/mol. The molecule has 0 unspecified atom stereocenters. The first kappa shape index (κ1) is 31.2. The SMILES string of the molecule is c1ccc(-c2c3c(cc4c2c2ccc(N(c5ccccc5)c5ccc6sc7ccccc7c6c5)cc2n4-c2ccc4ccccc4c2)oc2ccccc23)cc1. The summed E-state index contributed by atoms with van der Waals surface area (Å²) in [6.45, 7) is 0. The van der Waals surface area contributed by atoms with Crippen LogP contribution in [0.15, 0.2) is 199 Å². The zero-order valence-corrected chi connectivity index (χ0v) is 31.0. The van der Waals surface area contributed by atoms with Gasteiger partial charge >= 0.3 is 0 Å². The molecule has 9 aromatic carbocycles. The van der Waals surface area contributed by atoms with Gasteiger partial charge in [0.1, 0.15) is 11.2 Å². The highest BCUT2D eigenvalue weighted by atomic mass is 32.1. The lowest BCUT2D eigenvalue weighted by Crippen LogP contribution is -2.09. The molecule has 0 saturated heterocycles. The van der Waals surface area contributed by atoms with E-state index in [1.807, 2.05) is 11.3 Å². The number of anilines is 3. The van der Waals surface area contributed by atoms with Crippen molar-refractivity contribution in [2.75, 3.05) is 4.90 Å². The molecule has 0 amide bonds. The molecule has 12 rings (SSSR count). The molecule has 3 nitrogen and oxygen atoms in total. The van der Waals surface area contributed by atoms with Gasteiger partial charge in [-0.2, -0.15) is 0 Å². The third kappa shape index (κ3) is 4.70. The van der Waals surface area contributed by atoms with Gasteiger partial charge < -0.3 is 13.9 Å². The fourth-order valence-electron chi connectivity index (χ4n) is 8.87. The van der Waals surface area contributed by atoms with Gasteiger partial charge in [-0.15, -0.1) is 11.3 Å². The molecule has 0 spiro atoms. The van der Waals surface area contributed by atoms with Gasteiger partial charge in [-0.3, -0.25) is 0 Å². The summed E-state index contributed by atoms with van der Waals surface area (Å²) in [6.07, 6.45) is 0. The molecule has 3 aromatic heterocycles. The third-order valence-electron chi connectivity index (χ3n) is 11.3. The predicted octanol–water partition coefficient (Wildman–Crippen LogP) is 15.3. The van der Waals surface area contributed by atoms with Crippen molar-refractivity contribution < 1.29 is 4.42 Å². The van der Waals surface area contributed by atoms with E-state index in [-0.39, 0.29) is 0 Å². The van der Waals surface area contributed by atoms with E-state index in [1.165, 1.54) is 52.8 Å². The average molecular weight is 733 g/mol. The van der Waals surface area contributed by atoms with E-state index < -0.39 is 0 Å². The smallest absolute Gasteiger partial charge is 0.138 e. The number of hydrogen-bond donors (Lipinski definition) is 0. The molecule has 12 aromatic rings. The zero-order valence-electron chi connectivity index (χ0n) is 30.2. The van der Waals surface area contributed by atoms with E-state index in [0.717, 1.165) is 55.7 Å². The van der Waals surface area contributed by atoms with Crippen LogP contribution in [0, 0.1) is 0 Å². The van der Waals surface area contributed by atoms with E-state index in [2.05, 4.69) is 204 Å². The van der Waals surface area contributed by atoms with Crippen LogP contribution in [0.3, 0.4) is 0 Å². The quantitative estimate of drug-likeness (QED) is 0.176. The van der Waals surface area contributed by atoms with Gasteiger partial charge in [-0.25, -0.2) is 0 Å². The number of nitrogens with zero attached hydrogens (tertiary/aromatic N) is 2. The fourth-order valence-corrected chi connectivity index (χ4v) is 9.96. The van der Waals surface area contributed by atoms with Gasteiger partial charge in [0.15, 0.2) is 0 Å². The van der Waals surface area contributed by atoms with Gasteiger partial charge in [0.25, 0.3) is 0 Å². The summed E-state index contributed by atoms with van der Waals surface area (Å²) in [4.78, 5) is 2.39. The molecule has 0 atom stereocenters. The number of furan rings is 1. The van der Waals surface area contributed by atoms with Gasteiger partial charge in [0.05, 0.1) is 11.0 Å². The van der Waals surface area contributed by atoms with Crippen LogP contribution >= 0.6 is 11.3 Å². The summed E-state index contributed by atoms with van der Waals surface area (Å²) in [7, 11) is 0. The van der Waals surface area contributed by atoms with Crippen molar-refractivity contribution in [2.24, 2.45) is 0 Å². The molecule has 0 radical (unpaired) electrons. The summed E-state index contributed by atoms with van der Waals surface area (Å²) >= 11 is 1.85. The number of aromatic nitrogens is 1. The van der Waals surface area contributed by atoms with Crippen molar-refractivity contribution in [1.82, 2.24) is 4.57 Å². The van der Waals surface area contributed by atoms with Crippen LogP contribution in [0.4, 0.5) is 17.1 Å². The van der Waals surface area contributed by atoms with Crippen LogP contribution in [0.25, 0.3) is 91.5 Å². The van der Waals surface area contributed by atoms with Gasteiger partial charge in [0, 0.05) is 76.1 Å². The lowest BCUT2D eigenvalue weighted by molar-refractivity contribution is 0.669. The molecular weight excluding hydrogens is 701 g/mol. The standard InChI is InChI=1S/C52H32N2OS/c1-3-14-34(15-4-1)50-51-41-27-25-39(53(36-17-5-2-6-18-36)38-26-28-49-43(30-38)40-19-10-12-22-48(40)56-49)31-44(41)54(37-24-23-33-13-7-8-16-35(33)29-37)45(51)32-47-52(50)42-20-9-11-21-46(42)55-47/h1-32H. The summed E-state index contributed by atoms with van der Waals surface area (Å²) in [6, 6.07) is 70.3. The molecule has 262 valence electrons. The summed E-state index contributed by atoms with van der Waals surface area (Å²) in [5.74, 6) is 0. The zero-order chi connectivity index (χ0) is 36.7. The van der Waals surface area contributed by atoms with Crippen LogP contribution in [0.1, 0.15) is 0 Å². The van der Waals surface area contributed by atoms with Crippen LogP contribution in [-0.4, -0.2) is 4.57 Å². The number of benzene rings is 9. The van der Waals surface area contributed by atoms with Gasteiger partial charge in [0.2, 0.25) is 0 Å². The Hall–Kier alpha value is -7.14. The van der Waals surface area contributed by atoms with Gasteiger partial charge in [-0.1, -0.05) is 121 Å². The Morgan fingerprint density at radius 2 is 1.11 bits per heavy atom. The van der Waals surface area contributed by atoms with Crippen molar-refractivity contribution in [2.45, 2.75) is 0 Å². The minimum absolute atomic E-state index is 0.879. The second kappa shape index (κ2) is 12.2. The largest absolute Gasteiger partial charge is 0.456 e. The highest BCUT2D eigenvalue weighted by molar-refractivity contribution is 7.25. The lowest BCUT2D eigenvalue weighted by Gasteiger charge is -2.26. The highest BCUT2D eigenvalue weighted by Crippen LogP contribution is 2.48. The molecule has 0 fully saturated rings. The maximum absolute atomic E-state index is 6.70. The average Bonchev–Trinajstić information content (AvgIpc) is 3.92. The monoisotopic (exact) mass is 732 g/mol. The highest BCUT2D eigenvalue weighted by Gasteiger charge is 2.24. The van der Waals surface area contributed by atoms with Crippen molar-refractivity contribution in [3.05, 3.63) is 194 Å². The van der Waals surface area contributed by atoms with Crippen molar-refractivity contribution in [3.8, 4) is 16.8 Å². The molecule has 3 heterocycles. The maximum atomic E-state index is 6.70. The summed E-state index contributed by atoms with van der Waals surface area (Å²) in [5, 5.41) is 9.65. The first-order valence-corrected chi connectivity index (χ1v) is 19.8. The van der Waals surface area contributed by atoms with E-state index in [1.54, 1.807) is 0 Å². The second-order valence-corrected chi connectivity index (χ2v) is 15.6. The lowest BCUT2D eigenvalue weighted by atomic mass is 9.94. The number of hydrogen-bond acceptors (Lipinski definition) is 3. The molecule has 0 aliphatic rings. The Morgan fingerprint density at radius 3 is 1.98 bits per heavy atom. The van der Waals surface area contributed by atoms with Crippen LogP contribution in [0.2, 0.25) is 0 Å². The van der Waals surface area contributed by atoms with Crippen LogP contribution in [-0.2, 0) is 0 Å². The van der Waals surface area contributed by atoms with E-state index in [9.17, 15) is 0 Å². The Kier molecular flexibility index (Phi) is 6.80.